The fraction of sp³-hybridized carbons (Fsp3) is 0.483. The molecule has 4 N–H and O–H groups in total. The number of nitriles is 1. The van der Waals surface area contributed by atoms with Crippen molar-refractivity contribution in [2.24, 2.45) is 0 Å². The minimum Gasteiger partial charge on any atom is -0.387 e. The predicted molar refractivity (Wildman–Crippen MR) is 148 cm³/mol. The number of carbonyl (C=O) groups is 2. The molecule has 0 bridgehead atoms. The Kier molecular flexibility index (Phi) is 7.66. The Morgan fingerprint density at radius 2 is 1.90 bits per heavy atom. The highest BCUT2D eigenvalue weighted by Crippen LogP contribution is 2.40. The molecule has 0 aliphatic heterocycles. The molecule has 1 atom stereocenters. The molecule has 0 spiro atoms. The highest BCUT2D eigenvalue weighted by atomic mass is 19.1. The number of hydrogen-bond donors (Lipinski definition) is 4. The first-order valence-corrected chi connectivity index (χ1v) is 13.8. The molecule has 0 aromatic carbocycles. The predicted octanol–water partition coefficient (Wildman–Crippen LogP) is 3.45. The second-order valence-corrected chi connectivity index (χ2v) is 11.5. The van der Waals surface area contributed by atoms with Gasteiger partial charge in [-0.1, -0.05) is 0 Å². The topological polar surface area (TPSA) is 144 Å². The van der Waals surface area contributed by atoms with Crippen molar-refractivity contribution in [3.05, 3.63) is 47.8 Å². The molecule has 216 valence electrons. The van der Waals surface area contributed by atoms with Crippen molar-refractivity contribution in [2.75, 3.05) is 11.9 Å². The molecule has 0 saturated heterocycles. The number of fused-ring (bicyclic) bond motifs is 1. The largest absolute Gasteiger partial charge is 0.387 e. The Hall–Kier alpha value is -4.11. The number of amides is 2. The van der Waals surface area contributed by atoms with Crippen LogP contribution in [-0.4, -0.2) is 67.6 Å². The van der Waals surface area contributed by atoms with E-state index >= 15 is 0 Å². The molecule has 10 nitrogen and oxygen atoms in total. The van der Waals surface area contributed by atoms with Crippen molar-refractivity contribution in [1.29, 1.82) is 5.26 Å². The fourth-order valence-electron chi connectivity index (χ4n) is 4.93. The molecular weight excluding hydrogens is 532 g/mol. The number of anilines is 1. The van der Waals surface area contributed by atoms with E-state index in [4.69, 9.17) is 0 Å². The summed E-state index contributed by atoms with van der Waals surface area (Å²) in [6, 6.07) is 9.00. The maximum absolute atomic E-state index is 14.3. The molecule has 2 fully saturated rings. The van der Waals surface area contributed by atoms with Crippen LogP contribution in [0, 0.1) is 11.3 Å². The van der Waals surface area contributed by atoms with Gasteiger partial charge in [-0.3, -0.25) is 14.6 Å². The molecular formula is C29H33F2N7O3. The second-order valence-electron chi connectivity index (χ2n) is 11.5. The molecule has 0 radical (unpaired) electrons. The van der Waals surface area contributed by atoms with Gasteiger partial charge in [-0.05, 0) is 76.6 Å². The van der Waals surface area contributed by atoms with Crippen LogP contribution in [0.3, 0.4) is 0 Å². The summed E-state index contributed by atoms with van der Waals surface area (Å²) in [6.07, 6.45) is 4.42. The Morgan fingerprint density at radius 1 is 1.20 bits per heavy atom. The van der Waals surface area contributed by atoms with Gasteiger partial charge < -0.3 is 21.1 Å². The van der Waals surface area contributed by atoms with E-state index in [1.165, 1.54) is 26.2 Å². The van der Waals surface area contributed by atoms with Crippen molar-refractivity contribution in [2.45, 2.75) is 81.9 Å². The number of pyridine rings is 1. The lowest BCUT2D eigenvalue weighted by molar-refractivity contribution is -0.128. The van der Waals surface area contributed by atoms with Crippen LogP contribution in [0.15, 0.2) is 36.7 Å². The van der Waals surface area contributed by atoms with Crippen LogP contribution in [-0.2, 0) is 4.79 Å². The number of alkyl halides is 2. The van der Waals surface area contributed by atoms with E-state index in [1.54, 1.807) is 16.6 Å². The highest BCUT2D eigenvalue weighted by molar-refractivity contribution is 6.00. The molecule has 3 aromatic heterocycles. The summed E-state index contributed by atoms with van der Waals surface area (Å²) in [7, 11) is 0. The van der Waals surface area contributed by atoms with Gasteiger partial charge in [0.2, 0.25) is 0 Å². The average molecular weight is 566 g/mol. The van der Waals surface area contributed by atoms with Gasteiger partial charge in [-0.2, -0.15) is 10.4 Å². The minimum atomic E-state index is -1.71. The van der Waals surface area contributed by atoms with Crippen molar-refractivity contribution in [3.8, 4) is 17.5 Å². The van der Waals surface area contributed by atoms with Crippen molar-refractivity contribution < 1.29 is 23.5 Å². The van der Waals surface area contributed by atoms with Gasteiger partial charge in [-0.15, -0.1) is 0 Å². The van der Waals surface area contributed by atoms with E-state index in [9.17, 15) is 28.7 Å². The molecule has 2 aliphatic carbocycles. The van der Waals surface area contributed by atoms with E-state index in [0.717, 1.165) is 0 Å². The molecule has 12 heteroatoms. The number of aromatic nitrogens is 3. The lowest BCUT2D eigenvalue weighted by atomic mass is 9.90. The summed E-state index contributed by atoms with van der Waals surface area (Å²) in [5.41, 5.74) is -0.310. The zero-order chi connectivity index (χ0) is 29.4. The van der Waals surface area contributed by atoms with Gasteiger partial charge in [0.15, 0.2) is 5.67 Å². The Labute approximate surface area is 236 Å². The zero-order valence-electron chi connectivity index (χ0n) is 23.0. The molecule has 2 saturated carbocycles. The SMILES string of the molecule is CC(C)(O)[C@H](F)CNC(=O)c1cnc(-c2ccc3cc(C#N)cnn23)cc1N[C@H]1CC[C@H](NC(=O)C2(F)CC2)CC1. The van der Waals surface area contributed by atoms with E-state index in [0.29, 0.717) is 53.8 Å². The summed E-state index contributed by atoms with van der Waals surface area (Å²) in [5, 5.41) is 32.2. The van der Waals surface area contributed by atoms with Crippen LogP contribution in [0.5, 0.6) is 0 Å². The lowest BCUT2D eigenvalue weighted by Crippen LogP contribution is -2.44. The number of nitrogens with zero attached hydrogens (tertiary/aromatic N) is 4. The van der Waals surface area contributed by atoms with Crippen LogP contribution in [0.4, 0.5) is 14.5 Å². The Bertz CT molecular complexity index is 1500. The lowest BCUT2D eigenvalue weighted by Gasteiger charge is -2.31. The standard InChI is InChI=1S/C29H33F2N7O3/c1-28(2,41)25(30)16-34-26(39)21-15-33-23(24-8-7-20-11-17(13-32)14-35-38(20)24)12-22(21)36-18-3-5-19(6-4-18)37-27(40)29(31)9-10-29/h7-8,11-12,14-15,18-19,25,41H,3-6,9-10,16H2,1-2H3,(H,33,36)(H,34,39)(H,37,40)/t18-,19-,25-/m1/s1. The number of nitrogens with one attached hydrogen (secondary N) is 3. The zero-order valence-corrected chi connectivity index (χ0v) is 23.0. The smallest absolute Gasteiger partial charge is 0.257 e. The number of carbonyl (C=O) groups excluding carboxylic acids is 2. The van der Waals surface area contributed by atoms with E-state index in [2.05, 4.69) is 32.1 Å². The van der Waals surface area contributed by atoms with Crippen LogP contribution in [0.1, 0.15) is 68.3 Å². The van der Waals surface area contributed by atoms with Crippen LogP contribution < -0.4 is 16.0 Å². The summed E-state index contributed by atoms with van der Waals surface area (Å²) >= 11 is 0. The fourth-order valence-corrected chi connectivity index (χ4v) is 4.93. The van der Waals surface area contributed by atoms with Gasteiger partial charge in [0.1, 0.15) is 12.2 Å². The molecule has 2 amide bonds. The first kappa shape index (κ1) is 28.4. The van der Waals surface area contributed by atoms with Crippen molar-refractivity contribution in [1.82, 2.24) is 25.2 Å². The van der Waals surface area contributed by atoms with E-state index < -0.39 is 29.3 Å². The van der Waals surface area contributed by atoms with Crippen LogP contribution in [0.25, 0.3) is 16.9 Å². The molecule has 2 aliphatic rings. The second kappa shape index (κ2) is 11.0. The minimum absolute atomic E-state index is 0.0316. The molecule has 5 rings (SSSR count). The average Bonchev–Trinajstić information content (AvgIpc) is 3.57. The third-order valence-electron chi connectivity index (χ3n) is 7.77. The number of aliphatic hydroxyl groups is 1. The first-order valence-electron chi connectivity index (χ1n) is 13.8. The van der Waals surface area contributed by atoms with Gasteiger partial charge in [0, 0.05) is 18.3 Å². The van der Waals surface area contributed by atoms with E-state index in [-0.39, 0.29) is 37.0 Å². The quantitative estimate of drug-likeness (QED) is 0.311. The molecule has 41 heavy (non-hydrogen) atoms. The normalized spacial score (nSPS) is 20.6. The van der Waals surface area contributed by atoms with Gasteiger partial charge in [-0.25, -0.2) is 13.3 Å². The number of halogens is 2. The Balaban J connectivity index is 1.36. The van der Waals surface area contributed by atoms with Crippen molar-refractivity contribution >= 4 is 23.0 Å². The van der Waals surface area contributed by atoms with Gasteiger partial charge >= 0.3 is 0 Å². The van der Waals surface area contributed by atoms with Crippen LogP contribution >= 0.6 is 0 Å². The highest BCUT2D eigenvalue weighted by Gasteiger charge is 2.51. The van der Waals surface area contributed by atoms with Gasteiger partial charge in [0.05, 0.1) is 52.1 Å². The summed E-state index contributed by atoms with van der Waals surface area (Å²) in [6.45, 7) is 2.29. The third kappa shape index (κ3) is 6.30. The third-order valence-corrected chi connectivity index (χ3v) is 7.77. The number of rotatable bonds is 9. The van der Waals surface area contributed by atoms with Crippen molar-refractivity contribution in [3.63, 3.8) is 0 Å². The summed E-state index contributed by atoms with van der Waals surface area (Å²) in [5.74, 6) is -1.08. The van der Waals surface area contributed by atoms with E-state index in [1.807, 2.05) is 12.1 Å². The molecule has 3 heterocycles. The maximum Gasteiger partial charge on any atom is 0.257 e. The monoisotopic (exact) mass is 565 g/mol. The van der Waals surface area contributed by atoms with Crippen LogP contribution in [0.2, 0.25) is 0 Å². The van der Waals surface area contributed by atoms with Gasteiger partial charge in [0.25, 0.3) is 11.8 Å². The number of hydrogen-bond acceptors (Lipinski definition) is 7. The summed E-state index contributed by atoms with van der Waals surface area (Å²) in [4.78, 5) is 29.7. The molecule has 0 unspecified atom stereocenters. The maximum atomic E-state index is 14.3. The molecule has 3 aromatic rings. The summed E-state index contributed by atoms with van der Waals surface area (Å²) < 4.78 is 30.1. The Morgan fingerprint density at radius 3 is 2.56 bits per heavy atom. The first-order chi connectivity index (χ1) is 19.5.